The average molecular weight is 247 g/mol. The van der Waals surface area contributed by atoms with Gasteiger partial charge in [-0.05, 0) is 19.1 Å². The highest BCUT2D eigenvalue weighted by Crippen LogP contribution is 2.15. The van der Waals surface area contributed by atoms with Crippen molar-refractivity contribution < 1.29 is 27.9 Å². The van der Waals surface area contributed by atoms with Gasteiger partial charge in [-0.2, -0.15) is 0 Å². The lowest BCUT2D eigenvalue weighted by atomic mass is 10.1. The molecule has 0 spiro atoms. The molecule has 1 amide bonds. The summed E-state index contributed by atoms with van der Waals surface area (Å²) in [7, 11) is 0. The summed E-state index contributed by atoms with van der Waals surface area (Å²) in [5.74, 6) is -7.32. The predicted molar refractivity (Wildman–Crippen MR) is 50.9 cm³/mol. The fourth-order valence-corrected chi connectivity index (χ4v) is 1.04. The standard InChI is InChI=1S/C10H8F3NO3/c1-4(10(16)17)14-9(15)5-2-3-6(11)8(13)7(5)12/h2-4H,1H3,(H,14,15)(H,16,17)/t4-/m0/s1. The third-order valence-electron chi connectivity index (χ3n) is 2.00. The largest absolute Gasteiger partial charge is 0.480 e. The summed E-state index contributed by atoms with van der Waals surface area (Å²) in [6.45, 7) is 1.15. The highest BCUT2D eigenvalue weighted by molar-refractivity contribution is 5.96. The number of rotatable bonds is 3. The molecule has 1 aromatic carbocycles. The molecule has 0 aromatic heterocycles. The zero-order valence-electron chi connectivity index (χ0n) is 8.63. The van der Waals surface area contributed by atoms with Crippen molar-refractivity contribution in [3.05, 3.63) is 35.1 Å². The van der Waals surface area contributed by atoms with E-state index in [0.29, 0.717) is 6.07 Å². The van der Waals surface area contributed by atoms with Crippen LogP contribution in [0.5, 0.6) is 0 Å². The SMILES string of the molecule is C[C@H](NC(=O)c1ccc(F)c(F)c1F)C(=O)O. The summed E-state index contributed by atoms with van der Waals surface area (Å²) >= 11 is 0. The van der Waals surface area contributed by atoms with Crippen LogP contribution in [0.1, 0.15) is 17.3 Å². The number of hydrogen-bond donors (Lipinski definition) is 2. The maximum Gasteiger partial charge on any atom is 0.325 e. The maximum atomic E-state index is 13.1. The molecule has 0 fully saturated rings. The molecule has 0 aliphatic rings. The van der Waals surface area contributed by atoms with E-state index >= 15 is 0 Å². The highest BCUT2D eigenvalue weighted by atomic mass is 19.2. The van der Waals surface area contributed by atoms with Gasteiger partial charge >= 0.3 is 5.97 Å². The Morgan fingerprint density at radius 2 is 1.82 bits per heavy atom. The first kappa shape index (κ1) is 13.0. The van der Waals surface area contributed by atoms with Crippen LogP contribution in [0.3, 0.4) is 0 Å². The summed E-state index contributed by atoms with van der Waals surface area (Å²) < 4.78 is 38.5. The maximum absolute atomic E-state index is 13.1. The first-order valence-electron chi connectivity index (χ1n) is 4.51. The lowest BCUT2D eigenvalue weighted by Gasteiger charge is -2.10. The molecule has 0 aliphatic carbocycles. The van der Waals surface area contributed by atoms with Crippen molar-refractivity contribution in [2.24, 2.45) is 0 Å². The van der Waals surface area contributed by atoms with Crippen molar-refractivity contribution in [2.45, 2.75) is 13.0 Å². The number of carboxylic acids is 1. The van der Waals surface area contributed by atoms with Crippen molar-refractivity contribution in [3.63, 3.8) is 0 Å². The molecule has 1 atom stereocenters. The Kier molecular flexibility index (Phi) is 3.72. The molecule has 0 aliphatic heterocycles. The van der Waals surface area contributed by atoms with Gasteiger partial charge in [0.05, 0.1) is 5.56 Å². The number of carbonyl (C=O) groups excluding carboxylic acids is 1. The molecule has 4 nitrogen and oxygen atoms in total. The molecule has 0 radical (unpaired) electrons. The second kappa shape index (κ2) is 4.86. The smallest absolute Gasteiger partial charge is 0.325 e. The number of amides is 1. The van der Waals surface area contributed by atoms with Crippen LogP contribution in [0.15, 0.2) is 12.1 Å². The van der Waals surface area contributed by atoms with E-state index in [0.717, 1.165) is 13.0 Å². The monoisotopic (exact) mass is 247 g/mol. The van der Waals surface area contributed by atoms with E-state index in [4.69, 9.17) is 5.11 Å². The second-order valence-corrected chi connectivity index (χ2v) is 3.26. The highest BCUT2D eigenvalue weighted by Gasteiger charge is 2.21. The van der Waals surface area contributed by atoms with Crippen LogP contribution in [0.4, 0.5) is 13.2 Å². The summed E-state index contributed by atoms with van der Waals surface area (Å²) in [6, 6.07) is 0.0474. The van der Waals surface area contributed by atoms with Gasteiger partial charge < -0.3 is 10.4 Å². The fraction of sp³-hybridized carbons (Fsp3) is 0.200. The third kappa shape index (κ3) is 2.74. The van der Waals surface area contributed by atoms with E-state index in [1.807, 2.05) is 5.32 Å². The number of benzene rings is 1. The molecular weight excluding hydrogens is 239 g/mol. The molecule has 17 heavy (non-hydrogen) atoms. The second-order valence-electron chi connectivity index (χ2n) is 3.26. The van der Waals surface area contributed by atoms with Crippen LogP contribution in [0, 0.1) is 17.5 Å². The summed E-state index contributed by atoms with van der Waals surface area (Å²) in [5.41, 5.74) is -0.753. The zero-order valence-corrected chi connectivity index (χ0v) is 8.63. The van der Waals surface area contributed by atoms with Gasteiger partial charge in [-0.3, -0.25) is 9.59 Å². The lowest BCUT2D eigenvalue weighted by molar-refractivity contribution is -0.138. The molecule has 7 heteroatoms. The van der Waals surface area contributed by atoms with E-state index in [1.54, 1.807) is 0 Å². The van der Waals surface area contributed by atoms with Crippen molar-refractivity contribution in [2.75, 3.05) is 0 Å². The number of carbonyl (C=O) groups is 2. The van der Waals surface area contributed by atoms with E-state index < -0.39 is 40.9 Å². The Morgan fingerprint density at radius 1 is 1.24 bits per heavy atom. The number of nitrogens with one attached hydrogen (secondary N) is 1. The Balaban J connectivity index is 2.98. The molecule has 92 valence electrons. The Hall–Kier alpha value is -2.05. The number of carboxylic acid groups (broad SMARTS) is 1. The minimum absolute atomic E-state index is 0.582. The minimum atomic E-state index is -1.78. The van der Waals surface area contributed by atoms with Crippen LogP contribution >= 0.6 is 0 Å². The van der Waals surface area contributed by atoms with Gasteiger partial charge in [-0.15, -0.1) is 0 Å². The quantitative estimate of drug-likeness (QED) is 0.791. The number of hydrogen-bond acceptors (Lipinski definition) is 2. The van der Waals surface area contributed by atoms with Gasteiger partial charge in [0.25, 0.3) is 5.91 Å². The van der Waals surface area contributed by atoms with E-state index in [9.17, 15) is 22.8 Å². The molecular formula is C10H8F3NO3. The van der Waals surface area contributed by atoms with Gasteiger partial charge in [0.15, 0.2) is 17.5 Å². The normalized spacial score (nSPS) is 12.0. The van der Waals surface area contributed by atoms with Crippen LogP contribution in [0.2, 0.25) is 0 Å². The van der Waals surface area contributed by atoms with Crippen molar-refractivity contribution in [1.82, 2.24) is 5.32 Å². The van der Waals surface area contributed by atoms with Gasteiger partial charge in [-0.1, -0.05) is 0 Å². The summed E-state index contributed by atoms with van der Waals surface area (Å²) in [6.07, 6.45) is 0. The van der Waals surface area contributed by atoms with E-state index in [2.05, 4.69) is 0 Å². The van der Waals surface area contributed by atoms with Gasteiger partial charge in [0.1, 0.15) is 6.04 Å². The van der Waals surface area contributed by atoms with E-state index in [-0.39, 0.29) is 0 Å². The Bertz CT molecular complexity index is 476. The predicted octanol–water partition coefficient (Wildman–Crippen LogP) is 1.31. The van der Waals surface area contributed by atoms with Crippen LogP contribution < -0.4 is 5.32 Å². The first-order valence-corrected chi connectivity index (χ1v) is 4.51. The van der Waals surface area contributed by atoms with Crippen LogP contribution in [-0.4, -0.2) is 23.0 Å². The van der Waals surface area contributed by atoms with Crippen LogP contribution in [0.25, 0.3) is 0 Å². The number of halogens is 3. The third-order valence-corrected chi connectivity index (χ3v) is 2.00. The molecule has 2 N–H and O–H groups in total. The van der Waals surface area contributed by atoms with Crippen molar-refractivity contribution in [3.8, 4) is 0 Å². The number of aliphatic carboxylic acids is 1. The summed E-state index contributed by atoms with van der Waals surface area (Å²) in [4.78, 5) is 21.8. The average Bonchev–Trinajstić information content (AvgIpc) is 2.25. The van der Waals surface area contributed by atoms with Gasteiger partial charge in [0, 0.05) is 0 Å². The topological polar surface area (TPSA) is 66.4 Å². The molecule has 0 heterocycles. The molecule has 0 saturated carbocycles. The molecule has 0 saturated heterocycles. The first-order chi connectivity index (χ1) is 7.84. The van der Waals surface area contributed by atoms with E-state index in [1.165, 1.54) is 0 Å². The lowest BCUT2D eigenvalue weighted by Crippen LogP contribution is -2.38. The van der Waals surface area contributed by atoms with Gasteiger partial charge in [0.2, 0.25) is 0 Å². The summed E-state index contributed by atoms with van der Waals surface area (Å²) in [5, 5.41) is 10.4. The Labute approximate surface area is 94.1 Å². The van der Waals surface area contributed by atoms with Crippen molar-refractivity contribution >= 4 is 11.9 Å². The van der Waals surface area contributed by atoms with Crippen LogP contribution in [-0.2, 0) is 4.79 Å². The Morgan fingerprint density at radius 3 is 2.35 bits per heavy atom. The van der Waals surface area contributed by atoms with Crippen molar-refractivity contribution in [1.29, 1.82) is 0 Å². The molecule has 1 aromatic rings. The molecule has 0 bridgehead atoms. The molecule has 0 unspecified atom stereocenters. The van der Waals surface area contributed by atoms with Gasteiger partial charge in [-0.25, -0.2) is 13.2 Å². The fourth-order valence-electron chi connectivity index (χ4n) is 1.04. The molecule has 1 rings (SSSR count). The zero-order chi connectivity index (χ0) is 13.2. The minimum Gasteiger partial charge on any atom is -0.480 e.